The average Bonchev–Trinajstić information content (AvgIpc) is 3.02. The van der Waals surface area contributed by atoms with Crippen LogP contribution in [0.4, 0.5) is 10.5 Å². The van der Waals surface area contributed by atoms with Crippen molar-refractivity contribution in [2.75, 3.05) is 18.4 Å². The van der Waals surface area contributed by atoms with Crippen LogP contribution >= 0.6 is 0 Å². The number of alkyl carbamates (subject to hydrolysis) is 1. The Morgan fingerprint density at radius 3 is 1.93 bits per heavy atom. The van der Waals surface area contributed by atoms with E-state index in [-0.39, 0.29) is 31.0 Å². The number of carbonyl (C=O) groups is 3. The highest BCUT2D eigenvalue weighted by Crippen LogP contribution is 2.28. The second-order valence-electron chi connectivity index (χ2n) is 12.9. The monoisotopic (exact) mass is 613 g/mol. The molecule has 2 amide bonds. The summed E-state index contributed by atoms with van der Waals surface area (Å²) < 4.78 is 10.8. The van der Waals surface area contributed by atoms with Gasteiger partial charge >= 0.3 is 12.1 Å². The van der Waals surface area contributed by atoms with E-state index in [0.717, 1.165) is 48.9 Å². The van der Waals surface area contributed by atoms with Crippen LogP contribution < -0.4 is 16.0 Å². The lowest BCUT2D eigenvalue weighted by Gasteiger charge is -2.30. The highest BCUT2D eigenvalue weighted by atomic mass is 16.6. The van der Waals surface area contributed by atoms with Crippen LogP contribution in [0.2, 0.25) is 0 Å². The molecule has 1 atom stereocenters. The molecule has 3 aromatic carbocycles. The Hall–Kier alpha value is -4.17. The Morgan fingerprint density at radius 2 is 1.33 bits per heavy atom. The molecule has 45 heavy (non-hydrogen) atoms. The summed E-state index contributed by atoms with van der Waals surface area (Å²) >= 11 is 0. The summed E-state index contributed by atoms with van der Waals surface area (Å²) in [5.74, 6) is 0.515. The molecule has 0 spiro atoms. The Bertz CT molecular complexity index is 1350. The Balaban J connectivity index is 1.25. The third kappa shape index (κ3) is 12.4. The first-order chi connectivity index (χ1) is 21.6. The van der Waals surface area contributed by atoms with Crippen LogP contribution in [0.1, 0.15) is 63.1 Å². The topological polar surface area (TPSA) is 106 Å². The molecular formula is C37H47N3O5. The predicted molar refractivity (Wildman–Crippen MR) is 177 cm³/mol. The molecule has 4 rings (SSSR count). The molecule has 8 nitrogen and oxygen atoms in total. The van der Waals surface area contributed by atoms with Gasteiger partial charge in [0.15, 0.2) is 0 Å². The van der Waals surface area contributed by atoms with Crippen molar-refractivity contribution in [3.8, 4) is 0 Å². The Kier molecular flexibility index (Phi) is 12.6. The number of hydrogen-bond donors (Lipinski definition) is 3. The van der Waals surface area contributed by atoms with Gasteiger partial charge in [-0.15, -0.1) is 0 Å². The normalized spacial score (nSPS) is 17.1. The molecule has 8 heteroatoms. The van der Waals surface area contributed by atoms with Crippen molar-refractivity contribution in [3.05, 3.63) is 102 Å². The molecule has 0 aliphatic heterocycles. The molecule has 240 valence electrons. The van der Waals surface area contributed by atoms with E-state index in [1.165, 1.54) is 0 Å². The molecule has 1 aliphatic carbocycles. The lowest BCUT2D eigenvalue weighted by molar-refractivity contribution is -0.144. The smallest absolute Gasteiger partial charge is 0.407 e. The molecule has 0 bridgehead atoms. The van der Waals surface area contributed by atoms with Crippen LogP contribution in [0.15, 0.2) is 84.9 Å². The van der Waals surface area contributed by atoms with Gasteiger partial charge in [0.25, 0.3) is 0 Å². The Labute approximate surface area is 267 Å². The van der Waals surface area contributed by atoms with E-state index in [1.54, 1.807) is 0 Å². The molecule has 0 heterocycles. The van der Waals surface area contributed by atoms with Crippen LogP contribution in [0, 0.1) is 11.8 Å². The van der Waals surface area contributed by atoms with Crippen LogP contribution in [0.3, 0.4) is 0 Å². The van der Waals surface area contributed by atoms with Crippen LogP contribution in [-0.4, -0.2) is 42.7 Å². The summed E-state index contributed by atoms with van der Waals surface area (Å²) in [5, 5.41) is 9.52. The number of amides is 2. The first-order valence-corrected chi connectivity index (χ1v) is 16.0. The number of carbonyl (C=O) groups excluding carboxylic acids is 3. The summed E-state index contributed by atoms with van der Waals surface area (Å²) in [6.45, 7) is 7.21. The van der Waals surface area contributed by atoms with Gasteiger partial charge in [0.2, 0.25) is 5.91 Å². The van der Waals surface area contributed by atoms with Crippen molar-refractivity contribution in [1.82, 2.24) is 10.6 Å². The van der Waals surface area contributed by atoms with Gasteiger partial charge in [-0.2, -0.15) is 0 Å². The van der Waals surface area contributed by atoms with Crippen molar-refractivity contribution in [2.24, 2.45) is 11.8 Å². The molecule has 1 aliphatic rings. The molecule has 0 unspecified atom stereocenters. The number of hydrogen-bond acceptors (Lipinski definition) is 6. The first-order valence-electron chi connectivity index (χ1n) is 16.0. The third-order valence-electron chi connectivity index (χ3n) is 7.96. The molecule has 0 saturated heterocycles. The highest BCUT2D eigenvalue weighted by Gasteiger charge is 2.25. The van der Waals surface area contributed by atoms with Gasteiger partial charge in [0, 0.05) is 12.2 Å². The summed E-state index contributed by atoms with van der Waals surface area (Å²) in [6, 6.07) is 26.6. The SMILES string of the molecule is CC(C)(C)OC(=O)NCC1CCC(CN[C@@H](Cc2ccccc2)C(=O)Nc2ccc(CC(=O)OCc3ccccc3)cc2)CC1. The van der Waals surface area contributed by atoms with Crippen molar-refractivity contribution in [1.29, 1.82) is 0 Å². The molecular weight excluding hydrogens is 566 g/mol. The van der Waals surface area contributed by atoms with E-state index < -0.39 is 11.6 Å². The molecule has 3 N–H and O–H groups in total. The van der Waals surface area contributed by atoms with Gasteiger partial charge in [0.1, 0.15) is 12.2 Å². The van der Waals surface area contributed by atoms with Crippen molar-refractivity contribution < 1.29 is 23.9 Å². The lowest BCUT2D eigenvalue weighted by atomic mass is 9.82. The fourth-order valence-electron chi connectivity index (χ4n) is 5.49. The average molecular weight is 614 g/mol. The summed E-state index contributed by atoms with van der Waals surface area (Å²) in [5.41, 5.74) is 3.04. The molecule has 0 aromatic heterocycles. The van der Waals surface area contributed by atoms with E-state index in [9.17, 15) is 14.4 Å². The standard InChI is InChI=1S/C37H47N3O5/c1-37(2,3)45-36(43)39-25-30-16-14-29(15-17-30)24-38-33(22-27-10-6-4-7-11-27)35(42)40-32-20-18-28(19-21-32)23-34(41)44-26-31-12-8-5-9-13-31/h4-13,18-21,29-30,33,38H,14-17,22-26H2,1-3H3,(H,39,43)(H,40,42)/t29?,30?,33-/m0/s1. The van der Waals surface area contributed by atoms with Gasteiger partial charge in [-0.3, -0.25) is 9.59 Å². The lowest BCUT2D eigenvalue weighted by Crippen LogP contribution is -2.44. The minimum Gasteiger partial charge on any atom is -0.461 e. The molecule has 1 fully saturated rings. The van der Waals surface area contributed by atoms with Gasteiger partial charge in [-0.25, -0.2) is 4.79 Å². The number of nitrogens with one attached hydrogen (secondary N) is 3. The largest absolute Gasteiger partial charge is 0.461 e. The summed E-state index contributed by atoms with van der Waals surface area (Å²) in [4.78, 5) is 37.8. The number of rotatable bonds is 13. The molecule has 0 radical (unpaired) electrons. The first kappa shape index (κ1) is 33.7. The van der Waals surface area contributed by atoms with Gasteiger partial charge in [-0.05, 0) is 100 Å². The van der Waals surface area contributed by atoms with Gasteiger partial charge in [-0.1, -0.05) is 72.8 Å². The second kappa shape index (κ2) is 16.8. The van der Waals surface area contributed by atoms with Gasteiger partial charge < -0.3 is 25.4 Å². The van der Waals surface area contributed by atoms with Crippen molar-refractivity contribution in [3.63, 3.8) is 0 Å². The van der Waals surface area contributed by atoms with Crippen molar-refractivity contribution >= 4 is 23.7 Å². The van der Waals surface area contributed by atoms with E-state index in [1.807, 2.05) is 106 Å². The number of benzene rings is 3. The van der Waals surface area contributed by atoms with Crippen molar-refractivity contribution in [2.45, 2.75) is 77.5 Å². The Morgan fingerprint density at radius 1 is 0.756 bits per heavy atom. The van der Waals surface area contributed by atoms with E-state index in [4.69, 9.17) is 9.47 Å². The van der Waals surface area contributed by atoms with Crippen LogP contribution in [0.25, 0.3) is 0 Å². The van der Waals surface area contributed by atoms with E-state index in [2.05, 4.69) is 16.0 Å². The maximum Gasteiger partial charge on any atom is 0.407 e. The zero-order valence-corrected chi connectivity index (χ0v) is 26.7. The minimum atomic E-state index is -0.502. The highest BCUT2D eigenvalue weighted by molar-refractivity contribution is 5.95. The summed E-state index contributed by atoms with van der Waals surface area (Å²) in [6.07, 6.45) is 4.53. The molecule has 3 aromatic rings. The van der Waals surface area contributed by atoms with Crippen LogP contribution in [-0.2, 0) is 38.5 Å². The fourth-order valence-corrected chi connectivity index (χ4v) is 5.49. The fraction of sp³-hybridized carbons (Fsp3) is 0.432. The van der Waals surface area contributed by atoms with E-state index in [0.29, 0.717) is 30.5 Å². The van der Waals surface area contributed by atoms with Gasteiger partial charge in [0.05, 0.1) is 12.5 Å². The second-order valence-corrected chi connectivity index (χ2v) is 12.9. The predicted octanol–water partition coefficient (Wildman–Crippen LogP) is 6.44. The zero-order valence-electron chi connectivity index (χ0n) is 26.7. The number of ether oxygens (including phenoxy) is 2. The minimum absolute atomic E-state index is 0.0934. The summed E-state index contributed by atoms with van der Waals surface area (Å²) in [7, 11) is 0. The van der Waals surface area contributed by atoms with E-state index >= 15 is 0 Å². The zero-order chi connectivity index (χ0) is 32.1. The number of esters is 1. The van der Waals surface area contributed by atoms with Crippen LogP contribution in [0.5, 0.6) is 0 Å². The number of anilines is 1. The third-order valence-corrected chi connectivity index (χ3v) is 7.96. The quantitative estimate of drug-likeness (QED) is 0.192. The maximum atomic E-state index is 13.5. The molecule has 1 saturated carbocycles. The maximum absolute atomic E-state index is 13.5.